The van der Waals surface area contributed by atoms with Gasteiger partial charge in [0, 0.05) is 26.2 Å². The van der Waals surface area contributed by atoms with Gasteiger partial charge in [0.05, 0.1) is 12.5 Å². The number of amides is 1. The maximum atomic E-state index is 11.9. The summed E-state index contributed by atoms with van der Waals surface area (Å²) in [6.45, 7) is 1.79. The Morgan fingerprint density at radius 2 is 1.78 bits per heavy atom. The third-order valence-electron chi connectivity index (χ3n) is 4.16. The van der Waals surface area contributed by atoms with Gasteiger partial charge in [-0.3, -0.25) is 9.59 Å². The SMILES string of the molecule is CN(C)CC(CC(=O)O)NC(=O)CCCOCCCCCc1ccccc1. The monoisotopic (exact) mass is 378 g/mol. The molecule has 6 nitrogen and oxygen atoms in total. The van der Waals surface area contributed by atoms with Crippen molar-refractivity contribution in [2.75, 3.05) is 33.9 Å². The summed E-state index contributed by atoms with van der Waals surface area (Å²) >= 11 is 0. The molecular weight excluding hydrogens is 344 g/mol. The van der Waals surface area contributed by atoms with E-state index in [-0.39, 0.29) is 18.4 Å². The second-order valence-corrected chi connectivity index (χ2v) is 7.14. The first-order valence-corrected chi connectivity index (χ1v) is 9.75. The van der Waals surface area contributed by atoms with Crippen molar-refractivity contribution in [3.63, 3.8) is 0 Å². The molecule has 6 heteroatoms. The van der Waals surface area contributed by atoms with E-state index in [1.54, 1.807) is 0 Å². The molecule has 152 valence electrons. The molecule has 0 saturated heterocycles. The van der Waals surface area contributed by atoms with Gasteiger partial charge in [-0.25, -0.2) is 0 Å². The van der Waals surface area contributed by atoms with Crippen molar-refractivity contribution in [1.29, 1.82) is 0 Å². The number of carbonyl (C=O) groups excluding carboxylic acids is 1. The number of nitrogens with zero attached hydrogens (tertiary/aromatic N) is 1. The van der Waals surface area contributed by atoms with Gasteiger partial charge >= 0.3 is 5.97 Å². The molecule has 27 heavy (non-hydrogen) atoms. The van der Waals surface area contributed by atoms with Gasteiger partial charge in [0.25, 0.3) is 0 Å². The average Bonchev–Trinajstić information content (AvgIpc) is 2.60. The Morgan fingerprint density at radius 1 is 1.07 bits per heavy atom. The minimum atomic E-state index is -0.905. The van der Waals surface area contributed by atoms with Gasteiger partial charge in [0.1, 0.15) is 0 Å². The van der Waals surface area contributed by atoms with Crippen molar-refractivity contribution in [2.45, 2.75) is 51.0 Å². The third kappa shape index (κ3) is 13.0. The van der Waals surface area contributed by atoms with Crippen LogP contribution in [-0.4, -0.2) is 61.8 Å². The summed E-state index contributed by atoms with van der Waals surface area (Å²) in [7, 11) is 3.71. The summed E-state index contributed by atoms with van der Waals surface area (Å²) in [6.07, 6.45) is 5.37. The van der Waals surface area contributed by atoms with E-state index in [1.807, 2.05) is 25.1 Å². The highest BCUT2D eigenvalue weighted by molar-refractivity contribution is 5.77. The van der Waals surface area contributed by atoms with Gasteiger partial charge in [-0.15, -0.1) is 0 Å². The lowest BCUT2D eigenvalue weighted by molar-refractivity contribution is -0.137. The van der Waals surface area contributed by atoms with Crippen molar-refractivity contribution in [2.24, 2.45) is 0 Å². The van der Waals surface area contributed by atoms with Crippen LogP contribution in [0.2, 0.25) is 0 Å². The van der Waals surface area contributed by atoms with Crippen molar-refractivity contribution in [3.05, 3.63) is 35.9 Å². The first-order valence-electron chi connectivity index (χ1n) is 9.75. The molecule has 0 aromatic heterocycles. The quantitative estimate of drug-likeness (QED) is 0.459. The largest absolute Gasteiger partial charge is 0.481 e. The molecule has 0 bridgehead atoms. The van der Waals surface area contributed by atoms with Crippen LogP contribution in [0.25, 0.3) is 0 Å². The highest BCUT2D eigenvalue weighted by Crippen LogP contribution is 2.06. The van der Waals surface area contributed by atoms with E-state index < -0.39 is 5.97 Å². The van der Waals surface area contributed by atoms with E-state index in [1.165, 1.54) is 5.56 Å². The maximum absolute atomic E-state index is 11.9. The number of carboxylic acid groups (broad SMARTS) is 1. The minimum absolute atomic E-state index is 0.0661. The van der Waals surface area contributed by atoms with Crippen LogP contribution in [0.5, 0.6) is 0 Å². The van der Waals surface area contributed by atoms with Crippen LogP contribution in [0.3, 0.4) is 0 Å². The lowest BCUT2D eigenvalue weighted by atomic mass is 10.1. The molecule has 1 atom stereocenters. The normalized spacial score (nSPS) is 12.1. The minimum Gasteiger partial charge on any atom is -0.481 e. The zero-order valence-electron chi connectivity index (χ0n) is 16.7. The number of carbonyl (C=O) groups is 2. The molecule has 0 heterocycles. The molecule has 0 aliphatic heterocycles. The van der Waals surface area contributed by atoms with Gasteiger partial charge in [-0.05, 0) is 45.3 Å². The number of hydrogen-bond donors (Lipinski definition) is 2. The number of hydrogen-bond acceptors (Lipinski definition) is 4. The summed E-state index contributed by atoms with van der Waals surface area (Å²) in [4.78, 5) is 24.7. The van der Waals surface area contributed by atoms with Crippen LogP contribution in [0.1, 0.15) is 44.1 Å². The summed E-state index contributed by atoms with van der Waals surface area (Å²) in [5, 5.41) is 11.7. The van der Waals surface area contributed by atoms with Crippen LogP contribution in [-0.2, 0) is 20.7 Å². The molecule has 1 aromatic carbocycles. The number of aliphatic carboxylic acids is 1. The molecule has 0 aliphatic rings. The van der Waals surface area contributed by atoms with Crippen LogP contribution in [0.4, 0.5) is 0 Å². The number of rotatable bonds is 15. The van der Waals surface area contributed by atoms with Crippen molar-refractivity contribution in [1.82, 2.24) is 10.2 Å². The second kappa shape index (κ2) is 14.2. The molecule has 1 rings (SSSR count). The van der Waals surface area contributed by atoms with Gasteiger partial charge in [0.15, 0.2) is 0 Å². The molecule has 0 fully saturated rings. The molecule has 0 spiro atoms. The molecule has 0 aliphatic carbocycles. The third-order valence-corrected chi connectivity index (χ3v) is 4.16. The zero-order chi connectivity index (χ0) is 19.9. The molecule has 0 radical (unpaired) electrons. The van der Waals surface area contributed by atoms with Gasteiger partial charge in [-0.2, -0.15) is 0 Å². The Labute approximate surface area is 162 Å². The van der Waals surface area contributed by atoms with Crippen molar-refractivity contribution in [3.8, 4) is 0 Å². The van der Waals surface area contributed by atoms with Gasteiger partial charge in [0.2, 0.25) is 5.91 Å². The summed E-state index contributed by atoms with van der Waals surface area (Å²) in [5.41, 5.74) is 1.37. The van der Waals surface area contributed by atoms with E-state index in [2.05, 4.69) is 29.6 Å². The maximum Gasteiger partial charge on any atom is 0.305 e. The van der Waals surface area contributed by atoms with E-state index in [4.69, 9.17) is 9.84 Å². The van der Waals surface area contributed by atoms with Crippen LogP contribution in [0, 0.1) is 0 Å². The molecular formula is C21H34N2O4. The highest BCUT2D eigenvalue weighted by Gasteiger charge is 2.16. The molecule has 1 aromatic rings. The van der Waals surface area contributed by atoms with Crippen LogP contribution < -0.4 is 5.32 Å². The fraction of sp³-hybridized carbons (Fsp3) is 0.619. The summed E-state index contributed by atoms with van der Waals surface area (Å²) in [6, 6.07) is 10.1. The summed E-state index contributed by atoms with van der Waals surface area (Å²) in [5.74, 6) is -1.02. The predicted octanol–water partition coefficient (Wildman–Crippen LogP) is 2.72. The smallest absolute Gasteiger partial charge is 0.305 e. The average molecular weight is 379 g/mol. The fourth-order valence-corrected chi connectivity index (χ4v) is 2.90. The molecule has 1 unspecified atom stereocenters. The Kier molecular flexibility index (Phi) is 12.1. The predicted molar refractivity (Wildman–Crippen MR) is 107 cm³/mol. The topological polar surface area (TPSA) is 78.9 Å². The Bertz CT molecular complexity index is 534. The van der Waals surface area contributed by atoms with Gasteiger partial charge < -0.3 is 20.1 Å². The lowest BCUT2D eigenvalue weighted by Gasteiger charge is -2.20. The van der Waals surface area contributed by atoms with E-state index in [0.29, 0.717) is 26.0 Å². The Morgan fingerprint density at radius 3 is 2.44 bits per heavy atom. The zero-order valence-corrected chi connectivity index (χ0v) is 16.7. The second-order valence-electron chi connectivity index (χ2n) is 7.14. The number of unbranched alkanes of at least 4 members (excludes halogenated alkanes) is 2. The molecule has 0 saturated carbocycles. The first-order chi connectivity index (χ1) is 13.0. The standard InChI is InChI=1S/C21H34N2O4/c1-23(2)17-19(16-21(25)26)22-20(24)13-9-15-27-14-8-4-7-12-18-10-5-3-6-11-18/h3,5-6,10-11,19H,4,7-9,12-17H2,1-2H3,(H,22,24)(H,25,26). The Balaban J connectivity index is 2.01. The Hall–Kier alpha value is -1.92. The van der Waals surface area contributed by atoms with E-state index >= 15 is 0 Å². The summed E-state index contributed by atoms with van der Waals surface area (Å²) < 4.78 is 5.59. The van der Waals surface area contributed by atoms with Crippen molar-refractivity contribution < 1.29 is 19.4 Å². The number of benzene rings is 1. The number of carboxylic acids is 1. The number of aryl methyl sites for hydroxylation is 1. The number of ether oxygens (including phenoxy) is 1. The van der Waals surface area contributed by atoms with Crippen LogP contribution in [0.15, 0.2) is 30.3 Å². The number of likely N-dealkylation sites (N-methyl/N-ethyl adjacent to an activating group) is 1. The number of nitrogens with one attached hydrogen (secondary N) is 1. The fourth-order valence-electron chi connectivity index (χ4n) is 2.90. The van der Waals surface area contributed by atoms with Crippen molar-refractivity contribution >= 4 is 11.9 Å². The first kappa shape index (κ1) is 23.1. The van der Waals surface area contributed by atoms with E-state index in [0.717, 1.165) is 32.3 Å². The van der Waals surface area contributed by atoms with E-state index in [9.17, 15) is 9.59 Å². The van der Waals surface area contributed by atoms with Gasteiger partial charge in [-0.1, -0.05) is 36.8 Å². The van der Waals surface area contributed by atoms with Crippen LogP contribution >= 0.6 is 0 Å². The lowest BCUT2D eigenvalue weighted by Crippen LogP contribution is -2.43. The highest BCUT2D eigenvalue weighted by atomic mass is 16.5. The molecule has 1 amide bonds. The molecule has 2 N–H and O–H groups in total.